The number of rotatable bonds is 8. The van der Waals surface area contributed by atoms with Gasteiger partial charge in [0.1, 0.15) is 0 Å². The van der Waals surface area contributed by atoms with Crippen LogP contribution in [0.4, 0.5) is 0 Å². The summed E-state index contributed by atoms with van der Waals surface area (Å²) in [5.74, 6) is 0.688. The molecule has 0 saturated heterocycles. The fourth-order valence-corrected chi connectivity index (χ4v) is 3.47. The molecule has 0 spiro atoms. The van der Waals surface area contributed by atoms with E-state index in [4.69, 9.17) is 0 Å². The molecule has 2 aromatic carbocycles. The number of nitrogens with zero attached hydrogens (tertiary/aromatic N) is 1. The third-order valence-corrected chi connectivity index (χ3v) is 5.14. The lowest BCUT2D eigenvalue weighted by atomic mass is 10.0. The lowest BCUT2D eigenvalue weighted by molar-refractivity contribution is -0.127. The topological polar surface area (TPSA) is 49.4 Å². The standard InChI is InChI=1S/C20H26N2O2S/c1-4-22(5-2)20(24)14-25-13-19(23)21-15(3)17-11-10-16-8-6-7-9-18(16)12-17/h6-12,15H,4-5,13-14H2,1-3H3,(H,21,23). The first-order valence-electron chi connectivity index (χ1n) is 8.68. The molecular weight excluding hydrogens is 332 g/mol. The van der Waals surface area contributed by atoms with E-state index in [0.29, 0.717) is 24.6 Å². The van der Waals surface area contributed by atoms with Crippen molar-refractivity contribution in [1.29, 1.82) is 0 Å². The second-order valence-electron chi connectivity index (χ2n) is 5.95. The highest BCUT2D eigenvalue weighted by molar-refractivity contribution is 8.00. The molecule has 1 atom stereocenters. The summed E-state index contributed by atoms with van der Waals surface area (Å²) < 4.78 is 0. The lowest BCUT2D eigenvalue weighted by Gasteiger charge is -2.18. The highest BCUT2D eigenvalue weighted by Crippen LogP contribution is 2.20. The van der Waals surface area contributed by atoms with Crippen LogP contribution >= 0.6 is 11.8 Å². The molecule has 0 fully saturated rings. The fourth-order valence-electron chi connectivity index (χ4n) is 2.74. The second kappa shape index (κ2) is 9.47. The van der Waals surface area contributed by atoms with Crippen molar-refractivity contribution >= 4 is 34.3 Å². The van der Waals surface area contributed by atoms with Gasteiger partial charge in [0, 0.05) is 13.1 Å². The summed E-state index contributed by atoms with van der Waals surface area (Å²) in [4.78, 5) is 25.8. The zero-order valence-corrected chi connectivity index (χ0v) is 15.9. The average Bonchev–Trinajstić information content (AvgIpc) is 2.62. The Hall–Kier alpha value is -2.01. The number of benzene rings is 2. The summed E-state index contributed by atoms with van der Waals surface area (Å²) in [7, 11) is 0. The largest absolute Gasteiger partial charge is 0.349 e. The van der Waals surface area contributed by atoms with Crippen molar-refractivity contribution in [1.82, 2.24) is 10.2 Å². The van der Waals surface area contributed by atoms with E-state index in [0.717, 1.165) is 5.56 Å². The number of carbonyl (C=O) groups excluding carboxylic acids is 2. The summed E-state index contributed by atoms with van der Waals surface area (Å²) >= 11 is 1.37. The summed E-state index contributed by atoms with van der Waals surface area (Å²) in [6.07, 6.45) is 0. The van der Waals surface area contributed by atoms with Crippen molar-refractivity contribution < 1.29 is 9.59 Å². The number of nitrogens with one attached hydrogen (secondary N) is 1. The first kappa shape index (κ1) is 19.3. The Bertz CT molecular complexity index is 728. The zero-order valence-electron chi connectivity index (χ0n) is 15.1. The first-order chi connectivity index (χ1) is 12.0. The van der Waals surface area contributed by atoms with Crippen LogP contribution in [0.1, 0.15) is 32.4 Å². The van der Waals surface area contributed by atoms with Crippen LogP contribution in [0.25, 0.3) is 10.8 Å². The van der Waals surface area contributed by atoms with Gasteiger partial charge in [-0.25, -0.2) is 0 Å². The molecule has 0 saturated carbocycles. The van der Waals surface area contributed by atoms with Crippen molar-refractivity contribution in [2.24, 2.45) is 0 Å². The molecule has 0 heterocycles. The molecular formula is C20H26N2O2S. The van der Waals surface area contributed by atoms with Crippen LogP contribution in [0.2, 0.25) is 0 Å². The fraction of sp³-hybridized carbons (Fsp3) is 0.400. The highest BCUT2D eigenvalue weighted by Gasteiger charge is 2.13. The van der Waals surface area contributed by atoms with Crippen LogP contribution in [0, 0.1) is 0 Å². The Balaban J connectivity index is 1.84. The van der Waals surface area contributed by atoms with Crippen LogP contribution < -0.4 is 5.32 Å². The number of carbonyl (C=O) groups is 2. The molecule has 5 heteroatoms. The third kappa shape index (κ3) is 5.49. The van der Waals surface area contributed by atoms with Crippen LogP contribution in [0.15, 0.2) is 42.5 Å². The molecule has 0 bridgehead atoms. The minimum absolute atomic E-state index is 0.0435. The predicted molar refractivity (Wildman–Crippen MR) is 106 cm³/mol. The Morgan fingerprint density at radius 1 is 1.04 bits per heavy atom. The summed E-state index contributed by atoms with van der Waals surface area (Å²) in [5.41, 5.74) is 1.08. The molecule has 2 amide bonds. The van der Waals surface area contributed by atoms with E-state index in [1.165, 1.54) is 22.5 Å². The Labute approximate surface area is 154 Å². The smallest absolute Gasteiger partial charge is 0.232 e. The molecule has 4 nitrogen and oxygen atoms in total. The maximum atomic E-state index is 12.1. The Kier molecular flexibility index (Phi) is 7.31. The monoisotopic (exact) mass is 358 g/mol. The van der Waals surface area contributed by atoms with Gasteiger partial charge < -0.3 is 10.2 Å². The van der Waals surface area contributed by atoms with Crippen molar-refractivity contribution in [2.75, 3.05) is 24.6 Å². The molecule has 2 aromatic rings. The van der Waals surface area contributed by atoms with Gasteiger partial charge in [-0.05, 0) is 43.2 Å². The molecule has 0 aliphatic rings. The van der Waals surface area contributed by atoms with E-state index in [-0.39, 0.29) is 17.9 Å². The van der Waals surface area contributed by atoms with Gasteiger partial charge in [0.2, 0.25) is 11.8 Å². The third-order valence-electron chi connectivity index (χ3n) is 4.23. The molecule has 1 unspecified atom stereocenters. The minimum Gasteiger partial charge on any atom is -0.349 e. The predicted octanol–water partition coefficient (Wildman–Crippen LogP) is 3.62. The van der Waals surface area contributed by atoms with Gasteiger partial charge in [0.25, 0.3) is 0 Å². The van der Waals surface area contributed by atoms with E-state index in [1.807, 2.05) is 39.0 Å². The molecule has 25 heavy (non-hydrogen) atoms. The van der Waals surface area contributed by atoms with E-state index in [1.54, 1.807) is 4.90 Å². The van der Waals surface area contributed by atoms with Crippen molar-refractivity contribution in [3.05, 3.63) is 48.0 Å². The number of hydrogen-bond donors (Lipinski definition) is 1. The maximum Gasteiger partial charge on any atom is 0.232 e. The summed E-state index contributed by atoms with van der Waals surface area (Å²) in [5, 5.41) is 5.36. The van der Waals surface area contributed by atoms with Gasteiger partial charge >= 0.3 is 0 Å². The number of thioether (sulfide) groups is 1. The van der Waals surface area contributed by atoms with Gasteiger partial charge in [-0.15, -0.1) is 11.8 Å². The SMILES string of the molecule is CCN(CC)C(=O)CSCC(=O)NC(C)c1ccc2ccccc2c1. The van der Waals surface area contributed by atoms with Gasteiger partial charge in [-0.1, -0.05) is 36.4 Å². The molecule has 0 aromatic heterocycles. The number of amides is 2. The average molecular weight is 359 g/mol. The normalized spacial score (nSPS) is 12.0. The van der Waals surface area contributed by atoms with Crippen molar-refractivity contribution in [2.45, 2.75) is 26.8 Å². The van der Waals surface area contributed by atoms with Crippen LogP contribution in [0.5, 0.6) is 0 Å². The van der Waals surface area contributed by atoms with E-state index >= 15 is 0 Å². The van der Waals surface area contributed by atoms with E-state index < -0.39 is 0 Å². The maximum absolute atomic E-state index is 12.1. The lowest BCUT2D eigenvalue weighted by Crippen LogP contribution is -2.33. The van der Waals surface area contributed by atoms with Crippen molar-refractivity contribution in [3.8, 4) is 0 Å². The summed E-state index contributed by atoms with van der Waals surface area (Å²) in [6, 6.07) is 14.3. The molecule has 0 radical (unpaired) electrons. The molecule has 0 aliphatic heterocycles. The minimum atomic E-state index is -0.0591. The molecule has 1 N–H and O–H groups in total. The van der Waals surface area contributed by atoms with Crippen molar-refractivity contribution in [3.63, 3.8) is 0 Å². The van der Waals surface area contributed by atoms with E-state index in [2.05, 4.69) is 29.6 Å². The quantitative estimate of drug-likeness (QED) is 0.784. The van der Waals surface area contributed by atoms with Crippen LogP contribution in [0.3, 0.4) is 0 Å². The molecule has 2 rings (SSSR count). The van der Waals surface area contributed by atoms with Crippen LogP contribution in [-0.4, -0.2) is 41.3 Å². The van der Waals surface area contributed by atoms with Gasteiger partial charge in [0.05, 0.1) is 17.5 Å². The zero-order chi connectivity index (χ0) is 18.2. The first-order valence-corrected chi connectivity index (χ1v) is 9.84. The molecule has 134 valence electrons. The number of hydrogen-bond acceptors (Lipinski definition) is 3. The number of fused-ring (bicyclic) bond motifs is 1. The van der Waals surface area contributed by atoms with Gasteiger partial charge in [0.15, 0.2) is 0 Å². The molecule has 0 aliphatic carbocycles. The van der Waals surface area contributed by atoms with Gasteiger partial charge in [-0.3, -0.25) is 9.59 Å². The van der Waals surface area contributed by atoms with Gasteiger partial charge in [-0.2, -0.15) is 0 Å². The summed E-state index contributed by atoms with van der Waals surface area (Å²) in [6.45, 7) is 7.32. The highest BCUT2D eigenvalue weighted by atomic mass is 32.2. The van der Waals surface area contributed by atoms with E-state index in [9.17, 15) is 9.59 Å². The van der Waals surface area contributed by atoms with Crippen LogP contribution in [-0.2, 0) is 9.59 Å². The Morgan fingerprint density at radius 2 is 1.72 bits per heavy atom. The Morgan fingerprint density at radius 3 is 2.40 bits per heavy atom. The second-order valence-corrected chi connectivity index (χ2v) is 6.94.